The molecule has 1 aliphatic heterocycles. The molecule has 1 atom stereocenters. The Morgan fingerprint density at radius 1 is 1.00 bits per heavy atom. The maximum Gasteiger partial charge on any atom is 0.256 e. The van der Waals surface area contributed by atoms with Crippen LogP contribution < -0.4 is 15.4 Å². The van der Waals surface area contributed by atoms with E-state index in [2.05, 4.69) is 10.6 Å². The molecule has 5 heteroatoms. The largest absolute Gasteiger partial charge is 0.497 e. The zero-order valence-corrected chi connectivity index (χ0v) is 13.9. The molecule has 0 saturated carbocycles. The predicted molar refractivity (Wildman–Crippen MR) is 96.6 cm³/mol. The van der Waals surface area contributed by atoms with Crippen molar-refractivity contribution < 1.29 is 9.53 Å². The highest BCUT2D eigenvalue weighted by Crippen LogP contribution is 2.39. The highest BCUT2D eigenvalue weighted by molar-refractivity contribution is 7.15. The second-order valence-corrected chi connectivity index (χ2v) is 6.42. The van der Waals surface area contributed by atoms with Gasteiger partial charge in [-0.1, -0.05) is 42.5 Å². The van der Waals surface area contributed by atoms with Crippen LogP contribution in [0.1, 0.15) is 22.1 Å². The number of fused-ring (bicyclic) bond motifs is 1. The summed E-state index contributed by atoms with van der Waals surface area (Å²) in [5, 5.41) is 9.39. The van der Waals surface area contributed by atoms with E-state index in [0.717, 1.165) is 33.0 Å². The van der Waals surface area contributed by atoms with Crippen molar-refractivity contribution in [2.45, 2.75) is 6.17 Å². The topological polar surface area (TPSA) is 50.4 Å². The molecule has 1 aliphatic rings. The van der Waals surface area contributed by atoms with E-state index in [0.29, 0.717) is 0 Å². The minimum absolute atomic E-state index is 0.0512. The van der Waals surface area contributed by atoms with Gasteiger partial charge in [0, 0.05) is 10.9 Å². The molecule has 2 N–H and O–H groups in total. The lowest BCUT2D eigenvalue weighted by atomic mass is 10.0. The Kier molecular flexibility index (Phi) is 3.70. The zero-order chi connectivity index (χ0) is 16.5. The molecule has 0 aliphatic carbocycles. The highest BCUT2D eigenvalue weighted by Gasteiger charge is 2.29. The highest BCUT2D eigenvalue weighted by atomic mass is 32.1. The molecule has 3 aromatic rings. The first-order valence-corrected chi connectivity index (χ1v) is 8.52. The molecule has 0 spiro atoms. The first-order valence-electron chi connectivity index (χ1n) is 7.64. The van der Waals surface area contributed by atoms with Gasteiger partial charge in [0.2, 0.25) is 0 Å². The summed E-state index contributed by atoms with van der Waals surface area (Å²) in [7, 11) is 1.64. The van der Waals surface area contributed by atoms with Gasteiger partial charge in [0.1, 0.15) is 16.9 Å². The standard InChI is InChI=1S/C19H16N2O2S/c1-23-14-9-7-13(8-10-14)17-20-18(22)16-15(11-24-19(16)21-17)12-5-3-2-4-6-12/h2-11,17,21H,1H3,(H,20,22). The van der Waals surface area contributed by atoms with E-state index in [1.165, 1.54) is 0 Å². The quantitative estimate of drug-likeness (QED) is 0.751. The van der Waals surface area contributed by atoms with Crippen molar-refractivity contribution in [3.8, 4) is 16.9 Å². The summed E-state index contributed by atoms with van der Waals surface area (Å²) in [4.78, 5) is 12.7. The molecule has 2 heterocycles. The van der Waals surface area contributed by atoms with E-state index in [9.17, 15) is 4.79 Å². The fraction of sp³-hybridized carbons (Fsp3) is 0.105. The Hall–Kier alpha value is -2.79. The van der Waals surface area contributed by atoms with Crippen LogP contribution >= 0.6 is 11.3 Å². The number of carbonyl (C=O) groups excluding carboxylic acids is 1. The van der Waals surface area contributed by atoms with Crippen LogP contribution in [0.5, 0.6) is 5.75 Å². The molecule has 0 bridgehead atoms. The summed E-state index contributed by atoms with van der Waals surface area (Å²) in [6, 6.07) is 17.7. The number of methoxy groups -OCH3 is 1. The Balaban J connectivity index is 1.66. The van der Waals surface area contributed by atoms with Crippen LogP contribution in [0.15, 0.2) is 60.0 Å². The van der Waals surface area contributed by atoms with Gasteiger partial charge in [0.05, 0.1) is 12.7 Å². The summed E-state index contributed by atoms with van der Waals surface area (Å²) in [5.41, 5.74) is 3.73. The monoisotopic (exact) mass is 336 g/mol. The van der Waals surface area contributed by atoms with Crippen molar-refractivity contribution in [2.24, 2.45) is 0 Å². The van der Waals surface area contributed by atoms with Gasteiger partial charge >= 0.3 is 0 Å². The summed E-state index contributed by atoms with van der Waals surface area (Å²) in [5.74, 6) is 0.744. The van der Waals surface area contributed by atoms with Crippen molar-refractivity contribution in [2.75, 3.05) is 12.4 Å². The van der Waals surface area contributed by atoms with Gasteiger partial charge in [0.25, 0.3) is 5.91 Å². The SMILES string of the molecule is COc1ccc(C2NC(=O)c3c(-c4ccccc4)csc3N2)cc1. The van der Waals surface area contributed by atoms with Crippen LogP contribution in [-0.4, -0.2) is 13.0 Å². The number of rotatable bonds is 3. The first-order chi connectivity index (χ1) is 11.8. The van der Waals surface area contributed by atoms with Crippen LogP contribution in [0, 0.1) is 0 Å². The molecule has 0 radical (unpaired) electrons. The Bertz CT molecular complexity index is 872. The van der Waals surface area contributed by atoms with Gasteiger partial charge < -0.3 is 15.4 Å². The summed E-state index contributed by atoms with van der Waals surface area (Å²) in [6.45, 7) is 0. The molecular weight excluding hydrogens is 320 g/mol. The number of hydrogen-bond acceptors (Lipinski definition) is 4. The Morgan fingerprint density at radius 3 is 2.46 bits per heavy atom. The predicted octanol–water partition coefficient (Wildman–Crippen LogP) is 4.28. The molecule has 1 unspecified atom stereocenters. The number of nitrogens with one attached hydrogen (secondary N) is 2. The van der Waals surface area contributed by atoms with Crippen molar-refractivity contribution in [3.05, 3.63) is 71.1 Å². The van der Waals surface area contributed by atoms with E-state index in [1.54, 1.807) is 18.4 Å². The first kappa shape index (κ1) is 14.8. The third-order valence-electron chi connectivity index (χ3n) is 4.10. The van der Waals surface area contributed by atoms with Crippen LogP contribution in [0.3, 0.4) is 0 Å². The molecule has 4 rings (SSSR count). The number of benzene rings is 2. The lowest BCUT2D eigenvalue weighted by molar-refractivity contribution is 0.0937. The van der Waals surface area contributed by atoms with Gasteiger partial charge in [-0.15, -0.1) is 11.3 Å². The van der Waals surface area contributed by atoms with E-state index < -0.39 is 0 Å². The number of ether oxygens (including phenoxy) is 1. The van der Waals surface area contributed by atoms with E-state index in [1.807, 2.05) is 60.0 Å². The average Bonchev–Trinajstić information content (AvgIpc) is 3.07. The third-order valence-corrected chi connectivity index (χ3v) is 5.01. The fourth-order valence-corrected chi connectivity index (χ4v) is 3.85. The Labute approximate surface area is 144 Å². The molecular formula is C19H16N2O2S. The molecule has 24 heavy (non-hydrogen) atoms. The third kappa shape index (κ3) is 2.53. The average molecular weight is 336 g/mol. The lowest BCUT2D eigenvalue weighted by Crippen LogP contribution is -2.37. The lowest BCUT2D eigenvalue weighted by Gasteiger charge is -2.26. The second kappa shape index (κ2) is 6.02. The minimum atomic E-state index is -0.238. The molecule has 0 fully saturated rings. The number of anilines is 1. The smallest absolute Gasteiger partial charge is 0.256 e. The van der Waals surface area contributed by atoms with E-state index >= 15 is 0 Å². The number of hydrogen-bond donors (Lipinski definition) is 2. The normalized spacial score (nSPS) is 16.0. The van der Waals surface area contributed by atoms with Gasteiger partial charge in [-0.3, -0.25) is 4.79 Å². The zero-order valence-electron chi connectivity index (χ0n) is 13.1. The minimum Gasteiger partial charge on any atom is -0.497 e. The maximum atomic E-state index is 12.7. The van der Waals surface area contributed by atoms with Gasteiger partial charge in [-0.2, -0.15) is 0 Å². The van der Waals surface area contributed by atoms with Gasteiger partial charge in [-0.05, 0) is 23.3 Å². The van der Waals surface area contributed by atoms with Gasteiger partial charge in [0.15, 0.2) is 0 Å². The molecule has 120 valence electrons. The summed E-state index contributed by atoms with van der Waals surface area (Å²) in [6.07, 6.45) is -0.238. The van der Waals surface area contributed by atoms with E-state index in [4.69, 9.17) is 4.74 Å². The molecule has 4 nitrogen and oxygen atoms in total. The Morgan fingerprint density at radius 2 is 1.75 bits per heavy atom. The molecule has 2 aromatic carbocycles. The summed E-state index contributed by atoms with van der Waals surface area (Å²) < 4.78 is 5.18. The molecule has 0 saturated heterocycles. The van der Waals surface area contributed by atoms with Crippen LogP contribution in [0.25, 0.3) is 11.1 Å². The summed E-state index contributed by atoms with van der Waals surface area (Å²) >= 11 is 1.56. The fourth-order valence-electron chi connectivity index (χ4n) is 2.85. The van der Waals surface area contributed by atoms with Crippen molar-refractivity contribution in [1.82, 2.24) is 5.32 Å². The molecule has 1 aromatic heterocycles. The second-order valence-electron chi connectivity index (χ2n) is 5.54. The van der Waals surface area contributed by atoms with E-state index in [-0.39, 0.29) is 12.1 Å². The maximum absolute atomic E-state index is 12.7. The van der Waals surface area contributed by atoms with Crippen molar-refractivity contribution in [3.63, 3.8) is 0 Å². The number of thiophene rings is 1. The van der Waals surface area contributed by atoms with Crippen molar-refractivity contribution in [1.29, 1.82) is 0 Å². The molecule has 1 amide bonds. The number of carbonyl (C=O) groups is 1. The van der Waals surface area contributed by atoms with Crippen LogP contribution in [0.2, 0.25) is 0 Å². The number of amides is 1. The van der Waals surface area contributed by atoms with Gasteiger partial charge in [-0.25, -0.2) is 0 Å². The van der Waals surface area contributed by atoms with Crippen LogP contribution in [0.4, 0.5) is 5.00 Å². The van der Waals surface area contributed by atoms with Crippen molar-refractivity contribution >= 4 is 22.2 Å². The van der Waals surface area contributed by atoms with Crippen LogP contribution in [-0.2, 0) is 0 Å².